The van der Waals surface area contributed by atoms with Crippen LogP contribution < -0.4 is 15.8 Å². The van der Waals surface area contributed by atoms with Gasteiger partial charge in [-0.05, 0) is 55.6 Å². The lowest BCUT2D eigenvalue weighted by Gasteiger charge is -2.25. The molecule has 1 aromatic carbocycles. The van der Waals surface area contributed by atoms with Crippen LogP contribution in [0.3, 0.4) is 0 Å². The number of alkyl halides is 3. The summed E-state index contributed by atoms with van der Waals surface area (Å²) in [6, 6.07) is 3.34. The van der Waals surface area contributed by atoms with E-state index >= 15 is 0 Å². The van der Waals surface area contributed by atoms with Crippen molar-refractivity contribution in [1.29, 1.82) is 0 Å². The quantitative estimate of drug-likeness (QED) is 0.894. The normalized spacial score (nSPS) is 16.7. The van der Waals surface area contributed by atoms with Crippen LogP contribution in [0.4, 0.5) is 13.2 Å². The van der Waals surface area contributed by atoms with E-state index in [-0.39, 0.29) is 12.5 Å². The largest absolute Gasteiger partial charge is 0.483 e. The Balaban J connectivity index is 2.32. The summed E-state index contributed by atoms with van der Waals surface area (Å²) in [4.78, 5) is 10.8. The molecule has 0 atom stereocenters. The Morgan fingerprint density at radius 3 is 2.57 bits per heavy atom. The van der Waals surface area contributed by atoms with Gasteiger partial charge in [0.1, 0.15) is 5.75 Å². The predicted molar refractivity (Wildman–Crippen MR) is 71.0 cm³/mol. The standard InChI is InChI=1S/C14H17F3N2O2/c15-14(16,17)10-1-2-12(21-8-13(18)20)11(7-10)9-3-5-19-6-4-9/h1-2,7,9,19H,3-6,8H2,(H2,18,20). The van der Waals surface area contributed by atoms with Gasteiger partial charge in [0.25, 0.3) is 5.91 Å². The number of piperidine rings is 1. The summed E-state index contributed by atoms with van der Waals surface area (Å²) in [6.07, 6.45) is -2.94. The van der Waals surface area contributed by atoms with Crippen LogP contribution in [-0.4, -0.2) is 25.6 Å². The van der Waals surface area contributed by atoms with Crippen LogP contribution in [0.2, 0.25) is 0 Å². The molecule has 2 rings (SSSR count). The second kappa shape index (κ2) is 6.34. The molecule has 1 amide bonds. The van der Waals surface area contributed by atoms with Gasteiger partial charge in [-0.3, -0.25) is 4.79 Å². The van der Waals surface area contributed by atoms with Crippen molar-refractivity contribution in [2.75, 3.05) is 19.7 Å². The molecule has 1 aromatic rings. The van der Waals surface area contributed by atoms with Crippen LogP contribution in [0.15, 0.2) is 18.2 Å². The molecule has 3 N–H and O–H groups in total. The first-order valence-electron chi connectivity index (χ1n) is 6.71. The number of benzene rings is 1. The fraction of sp³-hybridized carbons (Fsp3) is 0.500. The third-order valence-corrected chi connectivity index (χ3v) is 3.49. The molecule has 1 fully saturated rings. The van der Waals surface area contributed by atoms with Gasteiger partial charge in [-0.1, -0.05) is 0 Å². The second-order valence-electron chi connectivity index (χ2n) is 5.03. The molecular weight excluding hydrogens is 285 g/mol. The summed E-state index contributed by atoms with van der Waals surface area (Å²) in [7, 11) is 0. The van der Waals surface area contributed by atoms with Crippen molar-refractivity contribution in [3.63, 3.8) is 0 Å². The number of nitrogens with two attached hydrogens (primary N) is 1. The van der Waals surface area contributed by atoms with Gasteiger partial charge in [-0.25, -0.2) is 0 Å². The SMILES string of the molecule is NC(=O)COc1ccc(C(F)(F)F)cc1C1CCNCC1. The number of amides is 1. The Kier molecular flexibility index (Phi) is 4.72. The third-order valence-electron chi connectivity index (χ3n) is 3.49. The van der Waals surface area contributed by atoms with E-state index in [4.69, 9.17) is 10.5 Å². The molecule has 1 heterocycles. The van der Waals surface area contributed by atoms with Crippen molar-refractivity contribution in [3.05, 3.63) is 29.3 Å². The number of primary amides is 1. The topological polar surface area (TPSA) is 64.4 Å². The average Bonchev–Trinajstić information content (AvgIpc) is 2.45. The van der Waals surface area contributed by atoms with Crippen molar-refractivity contribution >= 4 is 5.91 Å². The van der Waals surface area contributed by atoms with Gasteiger partial charge in [0.2, 0.25) is 0 Å². The molecule has 1 aliphatic rings. The zero-order chi connectivity index (χ0) is 15.5. The maximum atomic E-state index is 12.9. The summed E-state index contributed by atoms with van der Waals surface area (Å²) < 4.78 is 43.8. The monoisotopic (exact) mass is 302 g/mol. The van der Waals surface area contributed by atoms with Crippen LogP contribution in [-0.2, 0) is 11.0 Å². The molecule has 1 aliphatic heterocycles. The summed E-state index contributed by atoms with van der Waals surface area (Å²) in [5.41, 5.74) is 4.80. The Morgan fingerprint density at radius 2 is 2.00 bits per heavy atom. The number of ether oxygens (including phenoxy) is 1. The Morgan fingerprint density at radius 1 is 1.33 bits per heavy atom. The number of rotatable bonds is 4. The van der Waals surface area contributed by atoms with Crippen LogP contribution in [0.5, 0.6) is 5.75 Å². The molecule has 0 unspecified atom stereocenters. The molecule has 0 radical (unpaired) electrons. The molecule has 0 aliphatic carbocycles. The van der Waals surface area contributed by atoms with Crippen LogP contribution in [0.1, 0.15) is 29.9 Å². The zero-order valence-corrected chi connectivity index (χ0v) is 11.4. The van der Waals surface area contributed by atoms with E-state index in [1.165, 1.54) is 6.07 Å². The Labute approximate surface area is 120 Å². The first-order valence-corrected chi connectivity index (χ1v) is 6.71. The van der Waals surface area contributed by atoms with Crippen LogP contribution in [0, 0.1) is 0 Å². The molecular formula is C14H17F3N2O2. The lowest BCUT2D eigenvalue weighted by molar-refractivity contribution is -0.137. The minimum absolute atomic E-state index is 0.0172. The molecule has 7 heteroatoms. The van der Waals surface area contributed by atoms with Gasteiger partial charge in [-0.15, -0.1) is 0 Å². The van der Waals surface area contributed by atoms with E-state index in [2.05, 4.69) is 5.32 Å². The summed E-state index contributed by atoms with van der Waals surface area (Å²) >= 11 is 0. The van der Waals surface area contributed by atoms with Crippen LogP contribution in [0.25, 0.3) is 0 Å². The van der Waals surface area contributed by atoms with Gasteiger partial charge < -0.3 is 15.8 Å². The number of carbonyl (C=O) groups is 1. The van der Waals surface area contributed by atoms with Gasteiger partial charge >= 0.3 is 6.18 Å². The summed E-state index contributed by atoms with van der Waals surface area (Å²) in [5.74, 6) is -0.378. The maximum absolute atomic E-state index is 12.9. The highest BCUT2D eigenvalue weighted by Crippen LogP contribution is 2.38. The van der Waals surface area contributed by atoms with Crippen molar-refractivity contribution in [2.45, 2.75) is 24.9 Å². The van der Waals surface area contributed by atoms with Crippen LogP contribution >= 0.6 is 0 Å². The Hall–Kier alpha value is -1.76. The lowest BCUT2D eigenvalue weighted by atomic mass is 9.88. The number of hydrogen-bond donors (Lipinski definition) is 2. The van der Waals surface area contributed by atoms with E-state index < -0.39 is 17.6 Å². The maximum Gasteiger partial charge on any atom is 0.416 e. The molecule has 1 saturated heterocycles. The highest BCUT2D eigenvalue weighted by Gasteiger charge is 2.32. The third kappa shape index (κ3) is 4.10. The second-order valence-corrected chi connectivity index (χ2v) is 5.03. The first kappa shape index (κ1) is 15.6. The van der Waals surface area contributed by atoms with Gasteiger partial charge in [0, 0.05) is 0 Å². The summed E-state index contributed by atoms with van der Waals surface area (Å²) in [5, 5.41) is 3.16. The fourth-order valence-electron chi connectivity index (χ4n) is 2.46. The van der Waals surface area contributed by atoms with Crippen molar-refractivity contribution in [3.8, 4) is 5.75 Å². The molecule has 0 saturated carbocycles. The predicted octanol–water partition coefficient (Wildman–Crippen LogP) is 2.04. The molecule has 4 nitrogen and oxygen atoms in total. The van der Waals surface area contributed by atoms with Crippen molar-refractivity contribution < 1.29 is 22.7 Å². The Bertz CT molecular complexity index is 511. The van der Waals surface area contributed by atoms with Gasteiger partial charge in [-0.2, -0.15) is 13.2 Å². The average molecular weight is 302 g/mol. The van der Waals surface area contributed by atoms with E-state index in [1.807, 2.05) is 0 Å². The number of carbonyl (C=O) groups excluding carboxylic acids is 1. The fourth-order valence-corrected chi connectivity index (χ4v) is 2.46. The lowest BCUT2D eigenvalue weighted by Crippen LogP contribution is -2.27. The molecule has 0 bridgehead atoms. The zero-order valence-electron chi connectivity index (χ0n) is 11.4. The van der Waals surface area contributed by atoms with Crippen molar-refractivity contribution in [1.82, 2.24) is 5.32 Å². The molecule has 0 aromatic heterocycles. The van der Waals surface area contributed by atoms with E-state index in [0.717, 1.165) is 38.1 Å². The van der Waals surface area contributed by atoms with Crippen molar-refractivity contribution in [2.24, 2.45) is 5.73 Å². The number of hydrogen-bond acceptors (Lipinski definition) is 3. The number of nitrogens with one attached hydrogen (secondary N) is 1. The molecule has 116 valence electrons. The highest BCUT2D eigenvalue weighted by molar-refractivity contribution is 5.75. The van der Waals surface area contributed by atoms with E-state index in [0.29, 0.717) is 11.3 Å². The highest BCUT2D eigenvalue weighted by atomic mass is 19.4. The number of halogens is 3. The van der Waals surface area contributed by atoms with Gasteiger partial charge in [0.15, 0.2) is 6.61 Å². The smallest absolute Gasteiger partial charge is 0.416 e. The van der Waals surface area contributed by atoms with E-state index in [9.17, 15) is 18.0 Å². The van der Waals surface area contributed by atoms with Gasteiger partial charge in [0.05, 0.1) is 5.56 Å². The molecule has 21 heavy (non-hydrogen) atoms. The minimum atomic E-state index is -4.40. The van der Waals surface area contributed by atoms with E-state index in [1.54, 1.807) is 0 Å². The molecule has 0 spiro atoms. The first-order chi connectivity index (χ1) is 9.88. The summed E-state index contributed by atoms with van der Waals surface area (Å²) in [6.45, 7) is 1.15. The minimum Gasteiger partial charge on any atom is -0.483 e.